The van der Waals surface area contributed by atoms with Crippen molar-refractivity contribution in [3.05, 3.63) is 35.6 Å². The zero-order valence-corrected chi connectivity index (χ0v) is 13.7. The van der Waals surface area contributed by atoms with Crippen LogP contribution >= 0.6 is 11.8 Å². The van der Waals surface area contributed by atoms with E-state index in [0.29, 0.717) is 31.9 Å². The van der Waals surface area contributed by atoms with Gasteiger partial charge < -0.3 is 15.4 Å². The Labute approximate surface area is 139 Å². The van der Waals surface area contributed by atoms with Gasteiger partial charge in [0.15, 0.2) is 0 Å². The molecule has 2 N–H and O–H groups in total. The van der Waals surface area contributed by atoms with Crippen molar-refractivity contribution in [2.45, 2.75) is 24.6 Å². The van der Waals surface area contributed by atoms with Gasteiger partial charge in [-0.05, 0) is 17.7 Å². The Morgan fingerprint density at radius 3 is 2.78 bits per heavy atom. The van der Waals surface area contributed by atoms with E-state index in [1.54, 1.807) is 28.8 Å². The number of amides is 2. The number of benzene rings is 1. The Bertz CT molecular complexity index is 539. The summed E-state index contributed by atoms with van der Waals surface area (Å²) in [6, 6.07) is 6.10. The zero-order chi connectivity index (χ0) is 16.7. The first-order chi connectivity index (χ1) is 11.1. The summed E-state index contributed by atoms with van der Waals surface area (Å²) in [5, 5.41) is 0. The first-order valence-electron chi connectivity index (χ1n) is 7.54. The zero-order valence-electron chi connectivity index (χ0n) is 12.9. The van der Waals surface area contributed by atoms with Crippen LogP contribution in [0.2, 0.25) is 0 Å². The molecule has 5 nitrogen and oxygen atoms in total. The summed E-state index contributed by atoms with van der Waals surface area (Å²) in [5.74, 6) is 0.759. The van der Waals surface area contributed by atoms with E-state index in [4.69, 9.17) is 10.5 Å². The van der Waals surface area contributed by atoms with Gasteiger partial charge in [-0.25, -0.2) is 4.39 Å². The van der Waals surface area contributed by atoms with E-state index < -0.39 is 5.91 Å². The van der Waals surface area contributed by atoms with Gasteiger partial charge in [0.1, 0.15) is 5.82 Å². The topological polar surface area (TPSA) is 72.6 Å². The van der Waals surface area contributed by atoms with Gasteiger partial charge in [0.2, 0.25) is 11.8 Å². The Kier molecular flexibility index (Phi) is 6.85. The number of rotatable bonds is 7. The number of nitrogens with two attached hydrogens (primary N) is 1. The lowest BCUT2D eigenvalue weighted by atomic mass is 10.1. The van der Waals surface area contributed by atoms with Crippen LogP contribution in [0.25, 0.3) is 0 Å². The average Bonchev–Trinajstić information content (AvgIpc) is 2.53. The standard InChI is InChI=1S/C16H21FN2O3S/c17-13-3-1-12(2-4-13)11-23-8-5-16(21)19-6-7-22-10-14(19)9-15(18)20/h1-4,14H,5-11H2,(H2,18,20). The van der Waals surface area contributed by atoms with E-state index in [2.05, 4.69) is 0 Å². The number of ether oxygens (including phenoxy) is 1. The summed E-state index contributed by atoms with van der Waals surface area (Å²) in [4.78, 5) is 25.1. The third kappa shape index (κ3) is 5.84. The molecule has 126 valence electrons. The van der Waals surface area contributed by atoms with Crippen LogP contribution in [0, 0.1) is 5.82 Å². The number of primary amides is 1. The third-order valence-electron chi connectivity index (χ3n) is 3.63. The second-order valence-corrected chi connectivity index (χ2v) is 6.52. The molecule has 0 bridgehead atoms. The Morgan fingerprint density at radius 1 is 1.35 bits per heavy atom. The number of thioether (sulfide) groups is 1. The molecule has 1 aromatic rings. The molecule has 2 rings (SSSR count). The fraction of sp³-hybridized carbons (Fsp3) is 0.500. The van der Waals surface area contributed by atoms with E-state index in [1.807, 2.05) is 0 Å². The average molecular weight is 340 g/mol. The molecule has 0 radical (unpaired) electrons. The largest absolute Gasteiger partial charge is 0.377 e. The lowest BCUT2D eigenvalue weighted by Crippen LogP contribution is -2.50. The molecule has 0 aromatic heterocycles. The van der Waals surface area contributed by atoms with Crippen LogP contribution in [0.15, 0.2) is 24.3 Å². The van der Waals surface area contributed by atoms with Gasteiger partial charge in [-0.2, -0.15) is 11.8 Å². The second-order valence-electron chi connectivity index (χ2n) is 5.42. The highest BCUT2D eigenvalue weighted by Crippen LogP contribution is 2.16. The van der Waals surface area contributed by atoms with Gasteiger partial charge in [-0.15, -0.1) is 0 Å². The summed E-state index contributed by atoms with van der Waals surface area (Å²) >= 11 is 1.63. The summed E-state index contributed by atoms with van der Waals surface area (Å²) < 4.78 is 18.1. The minimum atomic E-state index is -0.427. The SMILES string of the molecule is NC(=O)CC1COCCN1C(=O)CCSCc1ccc(F)cc1. The number of nitrogens with zero attached hydrogens (tertiary/aromatic N) is 1. The van der Waals surface area contributed by atoms with Crippen molar-refractivity contribution in [1.82, 2.24) is 4.90 Å². The highest BCUT2D eigenvalue weighted by atomic mass is 32.2. The summed E-state index contributed by atoms with van der Waals surface area (Å²) in [7, 11) is 0. The maximum atomic E-state index is 12.8. The predicted molar refractivity (Wildman–Crippen MR) is 87.3 cm³/mol. The molecule has 0 saturated carbocycles. The minimum Gasteiger partial charge on any atom is -0.377 e. The molecule has 23 heavy (non-hydrogen) atoms. The smallest absolute Gasteiger partial charge is 0.223 e. The fourth-order valence-corrected chi connectivity index (χ4v) is 3.35. The second kappa shape index (κ2) is 8.88. The molecule has 1 unspecified atom stereocenters. The number of carbonyl (C=O) groups excluding carboxylic acids is 2. The van der Waals surface area contributed by atoms with Gasteiger partial charge in [0.05, 0.1) is 19.3 Å². The number of carbonyl (C=O) groups is 2. The van der Waals surface area contributed by atoms with E-state index in [0.717, 1.165) is 11.3 Å². The lowest BCUT2D eigenvalue weighted by molar-refractivity contribution is -0.140. The Hall–Kier alpha value is -1.60. The summed E-state index contributed by atoms with van der Waals surface area (Å²) in [6.45, 7) is 1.35. The predicted octanol–water partition coefficient (Wildman–Crippen LogP) is 1.55. The molecular formula is C16H21FN2O3S. The van der Waals surface area contributed by atoms with Crippen LogP contribution < -0.4 is 5.73 Å². The minimum absolute atomic E-state index is 0.0196. The molecule has 1 heterocycles. The highest BCUT2D eigenvalue weighted by Gasteiger charge is 2.28. The van der Waals surface area contributed by atoms with Gasteiger partial charge >= 0.3 is 0 Å². The lowest BCUT2D eigenvalue weighted by Gasteiger charge is -2.35. The molecule has 0 aliphatic carbocycles. The molecule has 0 spiro atoms. The van der Waals surface area contributed by atoms with Crippen LogP contribution in [0.4, 0.5) is 4.39 Å². The van der Waals surface area contributed by atoms with Crippen LogP contribution in [0.5, 0.6) is 0 Å². The van der Waals surface area contributed by atoms with Crippen LogP contribution in [0.3, 0.4) is 0 Å². The molecule has 1 saturated heterocycles. The van der Waals surface area contributed by atoms with Crippen LogP contribution in [-0.4, -0.2) is 48.3 Å². The van der Waals surface area contributed by atoms with E-state index in [1.165, 1.54) is 12.1 Å². The molecule has 1 atom stereocenters. The fourth-order valence-electron chi connectivity index (χ4n) is 2.46. The van der Waals surface area contributed by atoms with Gasteiger partial charge in [-0.3, -0.25) is 9.59 Å². The van der Waals surface area contributed by atoms with Gasteiger partial charge in [0.25, 0.3) is 0 Å². The summed E-state index contributed by atoms with van der Waals surface area (Å²) in [5.41, 5.74) is 6.25. The van der Waals surface area contributed by atoms with Crippen molar-refractivity contribution in [2.75, 3.05) is 25.5 Å². The van der Waals surface area contributed by atoms with Crippen molar-refractivity contribution in [2.24, 2.45) is 5.73 Å². The Morgan fingerprint density at radius 2 is 2.09 bits per heavy atom. The normalized spacial score (nSPS) is 18.0. The number of halogens is 1. The van der Waals surface area contributed by atoms with Crippen LogP contribution in [0.1, 0.15) is 18.4 Å². The number of hydrogen-bond acceptors (Lipinski definition) is 4. The van der Waals surface area contributed by atoms with Crippen molar-refractivity contribution in [3.63, 3.8) is 0 Å². The van der Waals surface area contributed by atoms with Crippen LogP contribution in [-0.2, 0) is 20.1 Å². The molecule has 2 amide bonds. The molecule has 1 aromatic carbocycles. The molecule has 1 aliphatic heterocycles. The number of morpholine rings is 1. The summed E-state index contributed by atoms with van der Waals surface area (Å²) in [6.07, 6.45) is 0.537. The first-order valence-corrected chi connectivity index (χ1v) is 8.69. The third-order valence-corrected chi connectivity index (χ3v) is 4.66. The van der Waals surface area contributed by atoms with Crippen molar-refractivity contribution >= 4 is 23.6 Å². The Balaban J connectivity index is 1.74. The van der Waals surface area contributed by atoms with E-state index in [-0.39, 0.29) is 24.2 Å². The van der Waals surface area contributed by atoms with Crippen molar-refractivity contribution in [1.29, 1.82) is 0 Å². The highest BCUT2D eigenvalue weighted by molar-refractivity contribution is 7.98. The van der Waals surface area contributed by atoms with Gasteiger partial charge in [-0.1, -0.05) is 12.1 Å². The van der Waals surface area contributed by atoms with Crippen molar-refractivity contribution < 1.29 is 18.7 Å². The maximum absolute atomic E-state index is 12.8. The number of hydrogen-bond donors (Lipinski definition) is 1. The van der Waals surface area contributed by atoms with Gasteiger partial charge in [0, 0.05) is 30.9 Å². The molecular weight excluding hydrogens is 319 g/mol. The monoisotopic (exact) mass is 340 g/mol. The first kappa shape index (κ1) is 17.7. The molecule has 1 fully saturated rings. The van der Waals surface area contributed by atoms with Crippen molar-refractivity contribution in [3.8, 4) is 0 Å². The molecule has 1 aliphatic rings. The van der Waals surface area contributed by atoms with E-state index in [9.17, 15) is 14.0 Å². The quantitative estimate of drug-likeness (QED) is 0.765. The van der Waals surface area contributed by atoms with E-state index >= 15 is 0 Å². The maximum Gasteiger partial charge on any atom is 0.223 e. The molecule has 7 heteroatoms.